The van der Waals surface area contributed by atoms with Crippen molar-refractivity contribution in [3.05, 3.63) is 64.3 Å². The predicted molar refractivity (Wildman–Crippen MR) is 101 cm³/mol. The van der Waals surface area contributed by atoms with Crippen LogP contribution >= 0.6 is 11.6 Å². The summed E-state index contributed by atoms with van der Waals surface area (Å²) in [7, 11) is 0. The van der Waals surface area contributed by atoms with E-state index in [1.54, 1.807) is 37.4 Å². The Morgan fingerprint density at radius 1 is 1.41 bits per heavy atom. The van der Waals surface area contributed by atoms with E-state index in [0.29, 0.717) is 22.1 Å². The van der Waals surface area contributed by atoms with Crippen molar-refractivity contribution in [2.45, 2.75) is 40.0 Å². The van der Waals surface area contributed by atoms with E-state index in [-0.39, 0.29) is 24.2 Å². The van der Waals surface area contributed by atoms with Crippen molar-refractivity contribution in [2.24, 2.45) is 0 Å². The van der Waals surface area contributed by atoms with Gasteiger partial charge in [-0.2, -0.15) is 5.10 Å². The first-order chi connectivity index (χ1) is 13.0. The second-order valence-corrected chi connectivity index (χ2v) is 6.52. The minimum atomic E-state index is -0.326. The van der Waals surface area contributed by atoms with Crippen LogP contribution in [-0.4, -0.2) is 20.8 Å². The minimum Gasteiger partial charge on any atom is -0.489 e. The third-order valence-corrected chi connectivity index (χ3v) is 4.45. The average Bonchev–Trinajstić information content (AvgIpc) is 3.26. The molecule has 0 spiro atoms. The van der Waals surface area contributed by atoms with Crippen LogP contribution in [0.15, 0.2) is 41.1 Å². The standard InChI is InChI=1S/C19H21ClN4O3/c1-4-24-17(8-9-21-24)12(2)22-19(25)18-16(13(3)27-23-18)11-26-15-7-5-6-14(20)10-15/h5-10,12H,4,11H2,1-3H3,(H,22,25). The maximum atomic E-state index is 12.7. The van der Waals surface area contributed by atoms with Gasteiger partial charge in [-0.15, -0.1) is 0 Å². The molecule has 0 saturated heterocycles. The Bertz CT molecular complexity index is 935. The van der Waals surface area contributed by atoms with Crippen molar-refractivity contribution < 1.29 is 14.1 Å². The number of aryl methyl sites for hydroxylation is 2. The molecule has 0 fully saturated rings. The fourth-order valence-electron chi connectivity index (χ4n) is 2.77. The lowest BCUT2D eigenvalue weighted by Gasteiger charge is -2.15. The predicted octanol–water partition coefficient (Wildman–Crippen LogP) is 3.92. The third kappa shape index (κ3) is 4.31. The van der Waals surface area contributed by atoms with Crippen molar-refractivity contribution in [2.75, 3.05) is 0 Å². The summed E-state index contributed by atoms with van der Waals surface area (Å²) >= 11 is 5.97. The Hall–Kier alpha value is -2.80. The number of halogens is 1. The van der Waals surface area contributed by atoms with Crippen molar-refractivity contribution in [1.29, 1.82) is 0 Å². The van der Waals surface area contributed by atoms with Gasteiger partial charge in [0.1, 0.15) is 18.1 Å². The second kappa shape index (κ2) is 8.26. The minimum absolute atomic E-state index is 0.152. The number of aromatic nitrogens is 3. The van der Waals surface area contributed by atoms with Gasteiger partial charge < -0.3 is 14.6 Å². The molecule has 2 heterocycles. The van der Waals surface area contributed by atoms with Gasteiger partial charge in [-0.3, -0.25) is 9.48 Å². The van der Waals surface area contributed by atoms with Crippen molar-refractivity contribution in [3.63, 3.8) is 0 Å². The molecule has 0 saturated carbocycles. The molecule has 1 atom stereocenters. The highest BCUT2D eigenvalue weighted by Crippen LogP contribution is 2.21. The molecule has 27 heavy (non-hydrogen) atoms. The first-order valence-corrected chi connectivity index (χ1v) is 9.03. The van der Waals surface area contributed by atoms with Gasteiger partial charge in [0.05, 0.1) is 17.3 Å². The zero-order valence-electron chi connectivity index (χ0n) is 15.4. The number of amides is 1. The Morgan fingerprint density at radius 2 is 2.22 bits per heavy atom. The average molecular weight is 389 g/mol. The van der Waals surface area contributed by atoms with Crippen LogP contribution < -0.4 is 10.1 Å². The molecule has 7 nitrogen and oxygen atoms in total. The van der Waals surface area contributed by atoms with Gasteiger partial charge in [0, 0.05) is 17.8 Å². The molecular formula is C19H21ClN4O3. The van der Waals surface area contributed by atoms with E-state index in [1.807, 2.05) is 24.6 Å². The Morgan fingerprint density at radius 3 is 2.96 bits per heavy atom. The summed E-state index contributed by atoms with van der Waals surface area (Å²) < 4.78 is 12.8. The van der Waals surface area contributed by atoms with E-state index in [1.165, 1.54) is 0 Å². The Labute approximate surface area is 162 Å². The summed E-state index contributed by atoms with van der Waals surface area (Å²) in [6.07, 6.45) is 1.71. The monoisotopic (exact) mass is 388 g/mol. The van der Waals surface area contributed by atoms with Crippen LogP contribution in [0.25, 0.3) is 0 Å². The van der Waals surface area contributed by atoms with Gasteiger partial charge in [-0.05, 0) is 45.0 Å². The van der Waals surface area contributed by atoms with Crippen LogP contribution in [-0.2, 0) is 13.2 Å². The summed E-state index contributed by atoms with van der Waals surface area (Å²) in [6.45, 7) is 6.52. The summed E-state index contributed by atoms with van der Waals surface area (Å²) in [6, 6.07) is 8.72. The number of carbonyl (C=O) groups excluding carboxylic acids is 1. The zero-order chi connectivity index (χ0) is 19.4. The number of nitrogens with zero attached hydrogens (tertiary/aromatic N) is 3. The first-order valence-electron chi connectivity index (χ1n) is 8.65. The number of hydrogen-bond donors (Lipinski definition) is 1. The second-order valence-electron chi connectivity index (χ2n) is 6.08. The van der Waals surface area contributed by atoms with Crippen LogP contribution in [0.5, 0.6) is 5.75 Å². The summed E-state index contributed by atoms with van der Waals surface area (Å²) in [5.41, 5.74) is 1.73. The van der Waals surface area contributed by atoms with Gasteiger partial charge in [0.15, 0.2) is 5.69 Å². The lowest BCUT2D eigenvalue weighted by molar-refractivity contribution is 0.0927. The fraction of sp³-hybridized carbons (Fsp3) is 0.316. The van der Waals surface area contributed by atoms with E-state index in [4.69, 9.17) is 20.9 Å². The third-order valence-electron chi connectivity index (χ3n) is 4.22. The number of rotatable bonds is 7. The number of carbonyl (C=O) groups is 1. The first kappa shape index (κ1) is 19.0. The number of benzene rings is 1. The van der Waals surface area contributed by atoms with Crippen molar-refractivity contribution in [3.8, 4) is 5.75 Å². The molecular weight excluding hydrogens is 368 g/mol. The highest BCUT2D eigenvalue weighted by Gasteiger charge is 2.23. The SMILES string of the molecule is CCn1nccc1C(C)NC(=O)c1noc(C)c1COc1cccc(Cl)c1. The molecule has 1 N–H and O–H groups in total. The molecule has 1 unspecified atom stereocenters. The van der Waals surface area contributed by atoms with Crippen molar-refractivity contribution in [1.82, 2.24) is 20.3 Å². The molecule has 2 aromatic heterocycles. The van der Waals surface area contributed by atoms with Gasteiger partial charge >= 0.3 is 0 Å². The highest BCUT2D eigenvalue weighted by molar-refractivity contribution is 6.30. The number of nitrogens with one attached hydrogen (secondary N) is 1. The molecule has 3 aromatic rings. The Balaban J connectivity index is 1.72. The van der Waals surface area contributed by atoms with Gasteiger partial charge in [0.2, 0.25) is 0 Å². The van der Waals surface area contributed by atoms with Gasteiger partial charge in [-0.1, -0.05) is 22.8 Å². The molecule has 8 heteroatoms. The molecule has 0 aliphatic heterocycles. The van der Waals surface area contributed by atoms with Gasteiger partial charge in [-0.25, -0.2) is 0 Å². The highest BCUT2D eigenvalue weighted by atomic mass is 35.5. The van der Waals surface area contributed by atoms with E-state index in [0.717, 1.165) is 12.2 Å². The van der Waals surface area contributed by atoms with Crippen LogP contribution in [0.1, 0.15) is 47.4 Å². The van der Waals surface area contributed by atoms with Crippen LogP contribution in [0, 0.1) is 6.92 Å². The summed E-state index contributed by atoms with van der Waals surface area (Å²) in [4.78, 5) is 12.7. The molecule has 0 aliphatic rings. The van der Waals surface area contributed by atoms with Crippen LogP contribution in [0.3, 0.4) is 0 Å². The normalized spacial score (nSPS) is 12.0. The maximum Gasteiger partial charge on any atom is 0.274 e. The van der Waals surface area contributed by atoms with E-state index < -0.39 is 0 Å². The molecule has 1 aromatic carbocycles. The van der Waals surface area contributed by atoms with E-state index >= 15 is 0 Å². The van der Waals surface area contributed by atoms with E-state index in [9.17, 15) is 4.79 Å². The molecule has 1 amide bonds. The fourth-order valence-corrected chi connectivity index (χ4v) is 2.95. The smallest absolute Gasteiger partial charge is 0.274 e. The molecule has 0 radical (unpaired) electrons. The number of ether oxygens (including phenoxy) is 1. The van der Waals surface area contributed by atoms with E-state index in [2.05, 4.69) is 15.6 Å². The topological polar surface area (TPSA) is 82.2 Å². The molecule has 0 bridgehead atoms. The van der Waals surface area contributed by atoms with Crippen molar-refractivity contribution >= 4 is 17.5 Å². The maximum absolute atomic E-state index is 12.7. The summed E-state index contributed by atoms with van der Waals surface area (Å²) in [5, 5.41) is 11.6. The lowest BCUT2D eigenvalue weighted by Crippen LogP contribution is -2.29. The lowest BCUT2D eigenvalue weighted by atomic mass is 10.1. The van der Waals surface area contributed by atoms with Gasteiger partial charge in [0.25, 0.3) is 5.91 Å². The molecule has 3 rings (SSSR count). The van der Waals surface area contributed by atoms with Crippen LogP contribution in [0.4, 0.5) is 0 Å². The number of hydrogen-bond acceptors (Lipinski definition) is 5. The largest absolute Gasteiger partial charge is 0.489 e. The quantitative estimate of drug-likeness (QED) is 0.663. The van der Waals surface area contributed by atoms with Crippen LogP contribution in [0.2, 0.25) is 5.02 Å². The molecule has 0 aliphatic carbocycles. The summed E-state index contributed by atoms with van der Waals surface area (Å²) in [5.74, 6) is 0.816. The zero-order valence-corrected chi connectivity index (χ0v) is 16.2. The molecule has 142 valence electrons. The Kier molecular flexibility index (Phi) is 5.81.